The van der Waals surface area contributed by atoms with Crippen LogP contribution in [0.25, 0.3) is 5.69 Å². The van der Waals surface area contributed by atoms with Crippen LogP contribution in [-0.2, 0) is 11.2 Å². The van der Waals surface area contributed by atoms with Gasteiger partial charge in [-0.25, -0.2) is 4.68 Å². The Morgan fingerprint density at radius 3 is 2.46 bits per heavy atom. The van der Waals surface area contributed by atoms with Crippen LogP contribution in [0.4, 0.5) is 5.69 Å². The van der Waals surface area contributed by atoms with E-state index in [1.807, 2.05) is 36.5 Å². The molecule has 0 saturated carbocycles. The lowest BCUT2D eigenvalue weighted by atomic mass is 10.1. The number of carbonyl (C=O) groups is 2. The highest BCUT2D eigenvalue weighted by atomic mass is 16.1. The van der Waals surface area contributed by atoms with Gasteiger partial charge in [-0.1, -0.05) is 24.3 Å². The van der Waals surface area contributed by atoms with Gasteiger partial charge >= 0.3 is 0 Å². The number of para-hydroxylation sites is 1. The van der Waals surface area contributed by atoms with Crippen molar-refractivity contribution < 1.29 is 9.59 Å². The van der Waals surface area contributed by atoms with E-state index < -0.39 is 0 Å². The maximum absolute atomic E-state index is 12.2. The first-order chi connectivity index (χ1) is 11.6. The Bertz CT molecular complexity index is 853. The Labute approximate surface area is 139 Å². The van der Waals surface area contributed by atoms with Crippen LogP contribution in [0.1, 0.15) is 22.8 Å². The average molecular weight is 319 g/mol. The number of rotatable bonds is 5. The molecule has 1 heterocycles. The second-order valence-electron chi connectivity index (χ2n) is 5.44. The summed E-state index contributed by atoms with van der Waals surface area (Å²) in [6, 6.07) is 16.5. The van der Waals surface area contributed by atoms with E-state index in [-0.39, 0.29) is 18.1 Å². The summed E-state index contributed by atoms with van der Waals surface area (Å²) in [5, 5.41) is 6.97. The van der Waals surface area contributed by atoms with E-state index in [4.69, 9.17) is 0 Å². The van der Waals surface area contributed by atoms with Gasteiger partial charge in [0.15, 0.2) is 5.78 Å². The lowest BCUT2D eigenvalue weighted by Gasteiger charge is -2.09. The highest BCUT2D eigenvalue weighted by Crippen LogP contribution is 2.16. The van der Waals surface area contributed by atoms with Gasteiger partial charge in [-0.05, 0) is 42.8 Å². The van der Waals surface area contributed by atoms with E-state index in [0.717, 1.165) is 11.3 Å². The highest BCUT2D eigenvalue weighted by molar-refractivity contribution is 6.04. The summed E-state index contributed by atoms with van der Waals surface area (Å²) in [6.45, 7) is 1.49. The lowest BCUT2D eigenvalue weighted by Crippen LogP contribution is -2.16. The molecule has 0 radical (unpaired) electrons. The molecule has 2 aromatic carbocycles. The normalized spacial score (nSPS) is 10.4. The number of Topliss-reactive ketones (excluding diaryl/α,β-unsaturated/α-hetero) is 1. The van der Waals surface area contributed by atoms with Crippen LogP contribution in [0.2, 0.25) is 0 Å². The van der Waals surface area contributed by atoms with Crippen molar-refractivity contribution in [1.29, 1.82) is 0 Å². The minimum Gasteiger partial charge on any atom is -0.325 e. The summed E-state index contributed by atoms with van der Waals surface area (Å²) < 4.78 is 1.76. The van der Waals surface area contributed by atoms with Gasteiger partial charge in [-0.2, -0.15) is 5.10 Å². The van der Waals surface area contributed by atoms with Crippen molar-refractivity contribution in [3.8, 4) is 5.69 Å². The molecule has 1 amide bonds. The molecule has 0 aliphatic carbocycles. The number of ketones is 1. The van der Waals surface area contributed by atoms with Gasteiger partial charge in [0.1, 0.15) is 0 Å². The molecule has 5 nitrogen and oxygen atoms in total. The van der Waals surface area contributed by atoms with E-state index >= 15 is 0 Å². The number of hydrogen-bond donors (Lipinski definition) is 1. The molecule has 1 N–H and O–H groups in total. The van der Waals surface area contributed by atoms with Crippen molar-refractivity contribution in [3.63, 3.8) is 0 Å². The molecule has 0 bridgehead atoms. The first-order valence-electron chi connectivity index (χ1n) is 7.62. The number of anilines is 1. The molecular weight excluding hydrogens is 302 g/mol. The predicted octanol–water partition coefficient (Wildman–Crippen LogP) is 3.26. The van der Waals surface area contributed by atoms with E-state index in [2.05, 4.69) is 10.4 Å². The summed E-state index contributed by atoms with van der Waals surface area (Å²) in [5.41, 5.74) is 2.89. The van der Waals surface area contributed by atoms with Crippen LogP contribution in [0.3, 0.4) is 0 Å². The minimum atomic E-state index is -0.157. The SMILES string of the molecule is CC(=O)c1ccccc1NC(=O)Cc1ccc(-n2cccn2)cc1. The average Bonchev–Trinajstić information content (AvgIpc) is 3.10. The lowest BCUT2D eigenvalue weighted by molar-refractivity contribution is -0.115. The summed E-state index contributed by atoms with van der Waals surface area (Å²) in [4.78, 5) is 23.8. The maximum Gasteiger partial charge on any atom is 0.228 e. The molecule has 120 valence electrons. The number of benzene rings is 2. The van der Waals surface area contributed by atoms with Gasteiger partial charge in [0.25, 0.3) is 0 Å². The molecule has 0 saturated heterocycles. The quantitative estimate of drug-likeness (QED) is 0.734. The van der Waals surface area contributed by atoms with Crippen LogP contribution in [-0.4, -0.2) is 21.5 Å². The Morgan fingerprint density at radius 1 is 1.04 bits per heavy atom. The molecule has 3 aromatic rings. The molecule has 0 aliphatic rings. The van der Waals surface area contributed by atoms with Crippen molar-refractivity contribution in [2.45, 2.75) is 13.3 Å². The fourth-order valence-electron chi connectivity index (χ4n) is 2.47. The van der Waals surface area contributed by atoms with E-state index in [0.29, 0.717) is 11.3 Å². The number of amides is 1. The summed E-state index contributed by atoms with van der Waals surface area (Å²) in [6.07, 6.45) is 3.82. The van der Waals surface area contributed by atoms with E-state index in [1.54, 1.807) is 35.1 Å². The molecule has 0 atom stereocenters. The third kappa shape index (κ3) is 3.57. The third-order valence-corrected chi connectivity index (χ3v) is 3.65. The zero-order valence-corrected chi connectivity index (χ0v) is 13.3. The Morgan fingerprint density at radius 2 is 1.79 bits per heavy atom. The fraction of sp³-hybridized carbons (Fsp3) is 0.105. The minimum absolute atomic E-state index is 0.0746. The van der Waals surface area contributed by atoms with Crippen LogP contribution in [0.15, 0.2) is 67.0 Å². The van der Waals surface area contributed by atoms with Gasteiger partial charge in [-0.3, -0.25) is 9.59 Å². The molecule has 0 fully saturated rings. The summed E-state index contributed by atoms with van der Waals surface area (Å²) in [7, 11) is 0. The van der Waals surface area contributed by atoms with Gasteiger partial charge < -0.3 is 5.32 Å². The zero-order valence-electron chi connectivity index (χ0n) is 13.3. The number of nitrogens with zero attached hydrogens (tertiary/aromatic N) is 2. The topological polar surface area (TPSA) is 64.0 Å². The molecule has 0 spiro atoms. The van der Waals surface area contributed by atoms with Gasteiger partial charge in [0.05, 0.1) is 17.8 Å². The second kappa shape index (κ2) is 6.91. The summed E-state index contributed by atoms with van der Waals surface area (Å²) in [5.74, 6) is -0.231. The van der Waals surface area contributed by atoms with Crippen molar-refractivity contribution in [1.82, 2.24) is 9.78 Å². The van der Waals surface area contributed by atoms with Gasteiger partial charge in [-0.15, -0.1) is 0 Å². The number of aromatic nitrogens is 2. The molecule has 0 unspecified atom stereocenters. The second-order valence-corrected chi connectivity index (χ2v) is 5.44. The number of carbonyl (C=O) groups excluding carboxylic acids is 2. The number of nitrogens with one attached hydrogen (secondary N) is 1. The summed E-state index contributed by atoms with van der Waals surface area (Å²) >= 11 is 0. The van der Waals surface area contributed by atoms with Crippen molar-refractivity contribution in [2.75, 3.05) is 5.32 Å². The van der Waals surface area contributed by atoms with Crippen LogP contribution in [0.5, 0.6) is 0 Å². The van der Waals surface area contributed by atoms with Gasteiger partial charge in [0.2, 0.25) is 5.91 Å². The van der Waals surface area contributed by atoms with Crippen LogP contribution >= 0.6 is 0 Å². The van der Waals surface area contributed by atoms with Crippen molar-refractivity contribution >= 4 is 17.4 Å². The number of hydrogen-bond acceptors (Lipinski definition) is 3. The fourth-order valence-corrected chi connectivity index (χ4v) is 2.47. The highest BCUT2D eigenvalue weighted by Gasteiger charge is 2.10. The third-order valence-electron chi connectivity index (χ3n) is 3.65. The smallest absolute Gasteiger partial charge is 0.228 e. The van der Waals surface area contributed by atoms with E-state index in [9.17, 15) is 9.59 Å². The molecular formula is C19H17N3O2. The Hall–Kier alpha value is -3.21. The standard InChI is InChI=1S/C19H17N3O2/c1-14(23)17-5-2-3-6-18(17)21-19(24)13-15-7-9-16(10-8-15)22-12-4-11-20-22/h2-12H,13H2,1H3,(H,21,24). The first kappa shape index (κ1) is 15.7. The maximum atomic E-state index is 12.2. The monoisotopic (exact) mass is 319 g/mol. The molecule has 3 rings (SSSR count). The zero-order chi connectivity index (χ0) is 16.9. The molecule has 5 heteroatoms. The van der Waals surface area contributed by atoms with Crippen molar-refractivity contribution in [3.05, 3.63) is 78.1 Å². The van der Waals surface area contributed by atoms with Crippen molar-refractivity contribution in [2.24, 2.45) is 0 Å². The molecule has 1 aromatic heterocycles. The Kier molecular flexibility index (Phi) is 4.52. The largest absolute Gasteiger partial charge is 0.325 e. The first-order valence-corrected chi connectivity index (χ1v) is 7.62. The van der Waals surface area contributed by atoms with Crippen LogP contribution < -0.4 is 5.32 Å². The molecule has 0 aliphatic heterocycles. The van der Waals surface area contributed by atoms with E-state index in [1.165, 1.54) is 6.92 Å². The predicted molar refractivity (Wildman–Crippen MR) is 92.3 cm³/mol. The molecule has 24 heavy (non-hydrogen) atoms. The Balaban J connectivity index is 1.68. The van der Waals surface area contributed by atoms with Crippen LogP contribution in [0, 0.1) is 0 Å². The van der Waals surface area contributed by atoms with Gasteiger partial charge in [0, 0.05) is 18.0 Å².